The highest BCUT2D eigenvalue weighted by Gasteiger charge is 2.22. The summed E-state index contributed by atoms with van der Waals surface area (Å²) in [5.41, 5.74) is 2.54. The Bertz CT molecular complexity index is 382. The van der Waals surface area contributed by atoms with Crippen molar-refractivity contribution < 1.29 is 4.74 Å². The number of anilines is 1. The van der Waals surface area contributed by atoms with Crippen LogP contribution in [0.15, 0.2) is 22.7 Å². The number of halogens is 1. The van der Waals surface area contributed by atoms with Gasteiger partial charge in [0.2, 0.25) is 0 Å². The fraction of sp³-hybridized carbons (Fsp3) is 0.538. The van der Waals surface area contributed by atoms with Gasteiger partial charge in [0.1, 0.15) is 0 Å². The van der Waals surface area contributed by atoms with Crippen molar-refractivity contribution in [2.45, 2.75) is 13.0 Å². The van der Waals surface area contributed by atoms with Crippen LogP contribution >= 0.6 is 15.9 Å². The molecule has 0 radical (unpaired) electrons. The summed E-state index contributed by atoms with van der Waals surface area (Å²) in [6.45, 7) is 5.92. The molecule has 0 spiro atoms. The number of rotatable bonds is 3. The number of hydrogen-bond acceptors (Lipinski definition) is 3. The summed E-state index contributed by atoms with van der Waals surface area (Å²) < 4.78 is 6.46. The molecule has 2 rings (SSSR count). The number of ether oxygens (including phenoxy) is 1. The van der Waals surface area contributed by atoms with E-state index in [0.717, 1.165) is 26.2 Å². The molecule has 1 fully saturated rings. The van der Waals surface area contributed by atoms with Crippen molar-refractivity contribution in [2.24, 2.45) is 0 Å². The maximum Gasteiger partial charge on any atom is 0.0678 e. The summed E-state index contributed by atoms with van der Waals surface area (Å²) in [6, 6.07) is 6.96. The third kappa shape index (κ3) is 3.00. The van der Waals surface area contributed by atoms with Crippen LogP contribution in [0.2, 0.25) is 0 Å². The second-order valence-electron chi connectivity index (χ2n) is 4.44. The quantitative estimate of drug-likeness (QED) is 0.926. The third-order valence-corrected chi connectivity index (χ3v) is 4.05. The first-order valence-corrected chi connectivity index (χ1v) is 6.74. The summed E-state index contributed by atoms with van der Waals surface area (Å²) in [7, 11) is 1.76. The molecular weight excluding hydrogens is 280 g/mol. The van der Waals surface area contributed by atoms with Crippen molar-refractivity contribution in [3.8, 4) is 0 Å². The highest BCUT2D eigenvalue weighted by Crippen LogP contribution is 2.25. The maximum absolute atomic E-state index is 5.29. The molecule has 94 valence electrons. The first-order chi connectivity index (χ1) is 8.22. The summed E-state index contributed by atoms with van der Waals surface area (Å²) in [5, 5.41) is 3.41. The Morgan fingerprint density at radius 3 is 3.06 bits per heavy atom. The number of benzene rings is 1. The SMILES string of the molecule is COCC1CNCCN1c1ccc(C)c(Br)c1. The Kier molecular flexibility index (Phi) is 4.42. The third-order valence-electron chi connectivity index (χ3n) is 3.20. The van der Waals surface area contributed by atoms with Gasteiger partial charge in [0.15, 0.2) is 0 Å². The highest BCUT2D eigenvalue weighted by atomic mass is 79.9. The molecule has 0 aliphatic carbocycles. The monoisotopic (exact) mass is 298 g/mol. The number of piperazine rings is 1. The van der Waals surface area contributed by atoms with Gasteiger partial charge in [-0.1, -0.05) is 22.0 Å². The average Bonchev–Trinajstić information content (AvgIpc) is 2.34. The van der Waals surface area contributed by atoms with E-state index in [1.165, 1.54) is 15.7 Å². The minimum Gasteiger partial charge on any atom is -0.383 e. The fourth-order valence-electron chi connectivity index (χ4n) is 2.20. The first-order valence-electron chi connectivity index (χ1n) is 5.95. The largest absolute Gasteiger partial charge is 0.383 e. The number of methoxy groups -OCH3 is 1. The van der Waals surface area contributed by atoms with E-state index in [-0.39, 0.29) is 0 Å². The molecule has 3 nitrogen and oxygen atoms in total. The lowest BCUT2D eigenvalue weighted by Crippen LogP contribution is -2.53. The summed E-state index contributed by atoms with van der Waals surface area (Å²) in [4.78, 5) is 2.42. The van der Waals surface area contributed by atoms with Crippen molar-refractivity contribution in [3.63, 3.8) is 0 Å². The first kappa shape index (κ1) is 12.9. The van der Waals surface area contributed by atoms with Crippen LogP contribution in [-0.4, -0.2) is 39.4 Å². The lowest BCUT2D eigenvalue weighted by atomic mass is 10.1. The number of hydrogen-bond donors (Lipinski definition) is 1. The Morgan fingerprint density at radius 1 is 1.53 bits per heavy atom. The van der Waals surface area contributed by atoms with Gasteiger partial charge < -0.3 is 15.0 Å². The molecule has 0 bridgehead atoms. The molecule has 1 aromatic carbocycles. The van der Waals surface area contributed by atoms with E-state index in [1.807, 2.05) is 0 Å². The molecule has 0 saturated carbocycles. The van der Waals surface area contributed by atoms with E-state index in [2.05, 4.69) is 51.3 Å². The molecule has 17 heavy (non-hydrogen) atoms. The van der Waals surface area contributed by atoms with Gasteiger partial charge in [0.05, 0.1) is 12.6 Å². The fourth-order valence-corrected chi connectivity index (χ4v) is 2.57. The van der Waals surface area contributed by atoms with Gasteiger partial charge in [-0.05, 0) is 24.6 Å². The molecule has 1 aromatic rings. The standard InChI is InChI=1S/C13H19BrN2O/c1-10-3-4-11(7-13(10)14)16-6-5-15-8-12(16)9-17-2/h3-4,7,12,15H,5-6,8-9H2,1-2H3. The lowest BCUT2D eigenvalue weighted by Gasteiger charge is -2.37. The van der Waals surface area contributed by atoms with Crippen molar-refractivity contribution in [1.82, 2.24) is 5.32 Å². The van der Waals surface area contributed by atoms with Crippen LogP contribution in [0.5, 0.6) is 0 Å². The lowest BCUT2D eigenvalue weighted by molar-refractivity contribution is 0.170. The van der Waals surface area contributed by atoms with Crippen molar-refractivity contribution in [1.29, 1.82) is 0 Å². The Morgan fingerprint density at radius 2 is 2.35 bits per heavy atom. The Labute approximate surface area is 111 Å². The molecular formula is C13H19BrN2O. The zero-order chi connectivity index (χ0) is 12.3. The molecule has 1 aliphatic rings. The highest BCUT2D eigenvalue weighted by molar-refractivity contribution is 9.10. The maximum atomic E-state index is 5.29. The Hall–Kier alpha value is -0.580. The smallest absolute Gasteiger partial charge is 0.0678 e. The van der Waals surface area contributed by atoms with E-state index in [9.17, 15) is 0 Å². The van der Waals surface area contributed by atoms with Crippen LogP contribution in [0.4, 0.5) is 5.69 Å². The minimum atomic E-state index is 0.420. The predicted molar refractivity (Wildman–Crippen MR) is 74.8 cm³/mol. The van der Waals surface area contributed by atoms with Crippen LogP contribution in [0.3, 0.4) is 0 Å². The molecule has 1 heterocycles. The number of nitrogens with zero attached hydrogens (tertiary/aromatic N) is 1. The van der Waals surface area contributed by atoms with Gasteiger partial charge in [0, 0.05) is 36.9 Å². The molecule has 1 aliphatic heterocycles. The second-order valence-corrected chi connectivity index (χ2v) is 5.29. The topological polar surface area (TPSA) is 24.5 Å². The van der Waals surface area contributed by atoms with E-state index < -0.39 is 0 Å². The summed E-state index contributed by atoms with van der Waals surface area (Å²) >= 11 is 3.60. The van der Waals surface area contributed by atoms with Gasteiger partial charge in [-0.2, -0.15) is 0 Å². The molecule has 1 unspecified atom stereocenters. The molecule has 1 atom stereocenters. The summed E-state index contributed by atoms with van der Waals surface area (Å²) in [6.07, 6.45) is 0. The van der Waals surface area contributed by atoms with Crippen LogP contribution in [-0.2, 0) is 4.74 Å². The summed E-state index contributed by atoms with van der Waals surface area (Å²) in [5.74, 6) is 0. The average molecular weight is 299 g/mol. The normalized spacial score (nSPS) is 20.6. The second kappa shape index (κ2) is 5.85. The molecule has 0 aromatic heterocycles. The van der Waals surface area contributed by atoms with E-state index >= 15 is 0 Å². The van der Waals surface area contributed by atoms with Crippen molar-refractivity contribution in [3.05, 3.63) is 28.2 Å². The van der Waals surface area contributed by atoms with E-state index in [0.29, 0.717) is 6.04 Å². The van der Waals surface area contributed by atoms with Crippen LogP contribution < -0.4 is 10.2 Å². The Balaban J connectivity index is 2.20. The number of aryl methyl sites for hydroxylation is 1. The number of nitrogens with one attached hydrogen (secondary N) is 1. The zero-order valence-corrected chi connectivity index (χ0v) is 12.0. The van der Waals surface area contributed by atoms with Gasteiger partial charge in [-0.25, -0.2) is 0 Å². The predicted octanol–water partition coefficient (Wildman–Crippen LogP) is 2.18. The molecule has 4 heteroatoms. The van der Waals surface area contributed by atoms with Crippen LogP contribution in [0.1, 0.15) is 5.56 Å². The molecule has 0 amide bonds. The molecule has 1 saturated heterocycles. The van der Waals surface area contributed by atoms with Crippen LogP contribution in [0.25, 0.3) is 0 Å². The molecule has 1 N–H and O–H groups in total. The van der Waals surface area contributed by atoms with Gasteiger partial charge in [-0.3, -0.25) is 0 Å². The minimum absolute atomic E-state index is 0.420. The zero-order valence-electron chi connectivity index (χ0n) is 10.4. The van der Waals surface area contributed by atoms with Gasteiger partial charge in [-0.15, -0.1) is 0 Å². The van der Waals surface area contributed by atoms with Gasteiger partial charge in [0.25, 0.3) is 0 Å². The van der Waals surface area contributed by atoms with Crippen LogP contribution in [0, 0.1) is 6.92 Å². The van der Waals surface area contributed by atoms with Crippen molar-refractivity contribution >= 4 is 21.6 Å². The van der Waals surface area contributed by atoms with E-state index in [1.54, 1.807) is 7.11 Å². The van der Waals surface area contributed by atoms with Gasteiger partial charge >= 0.3 is 0 Å². The van der Waals surface area contributed by atoms with Crippen molar-refractivity contribution in [2.75, 3.05) is 38.3 Å². The van der Waals surface area contributed by atoms with E-state index in [4.69, 9.17) is 4.74 Å².